The number of benzene rings is 1. The minimum absolute atomic E-state index is 0.0680. The number of hydrogen-bond donors (Lipinski definition) is 0. The topological polar surface area (TPSA) is 26.3 Å². The molecule has 0 spiro atoms. The second-order valence-corrected chi connectivity index (χ2v) is 7.70. The quantitative estimate of drug-likeness (QED) is 0.563. The van der Waals surface area contributed by atoms with E-state index in [1.807, 2.05) is 6.92 Å². The normalized spacial score (nSPS) is 21.4. The molecule has 2 unspecified atom stereocenters. The van der Waals surface area contributed by atoms with E-state index in [0.717, 1.165) is 24.0 Å². The first-order chi connectivity index (χ1) is 13.3. The minimum Gasteiger partial charge on any atom is -0.488 e. The Balaban J connectivity index is 1.86. The standard InChI is InChI=1S/C23H25BF2O2/c1-3-4-21(27)19-12-8-16-7-11-18(25)13-20(16)22(19)28-14-15-5-9-17(10-6-15)23(2,24)26/h5-6,9-11,13,16H,3-4,7-8,12,14H2,1-2H3. The number of carbonyl (C=O) groups is 1. The molecule has 0 saturated heterocycles. The third kappa shape index (κ3) is 4.63. The largest absolute Gasteiger partial charge is 0.488 e. The third-order valence-corrected chi connectivity index (χ3v) is 5.32. The minimum atomic E-state index is -1.89. The van der Waals surface area contributed by atoms with Crippen molar-refractivity contribution in [2.75, 3.05) is 0 Å². The Bertz CT molecular complexity index is 829. The fourth-order valence-electron chi connectivity index (χ4n) is 3.73. The van der Waals surface area contributed by atoms with Gasteiger partial charge in [0.2, 0.25) is 0 Å². The van der Waals surface area contributed by atoms with Crippen LogP contribution in [0.3, 0.4) is 0 Å². The van der Waals surface area contributed by atoms with Crippen molar-refractivity contribution >= 4 is 13.6 Å². The van der Waals surface area contributed by atoms with E-state index in [4.69, 9.17) is 12.6 Å². The molecule has 2 aliphatic carbocycles. The lowest BCUT2D eigenvalue weighted by atomic mass is 9.78. The summed E-state index contributed by atoms with van der Waals surface area (Å²) in [5, 5.41) is 0. The number of alkyl halides is 1. The molecule has 0 fully saturated rings. The molecule has 28 heavy (non-hydrogen) atoms. The zero-order valence-corrected chi connectivity index (χ0v) is 16.4. The van der Waals surface area contributed by atoms with Crippen molar-refractivity contribution in [3.63, 3.8) is 0 Å². The fourth-order valence-corrected chi connectivity index (χ4v) is 3.73. The van der Waals surface area contributed by atoms with Crippen LogP contribution < -0.4 is 0 Å². The first kappa shape index (κ1) is 20.6. The predicted octanol–water partition coefficient (Wildman–Crippen LogP) is 5.73. The molecular formula is C23H25BF2O2. The Hall–Kier alpha value is -2.17. The van der Waals surface area contributed by atoms with Crippen LogP contribution in [0.25, 0.3) is 0 Å². The van der Waals surface area contributed by atoms with Crippen LogP contribution in [-0.2, 0) is 21.7 Å². The van der Waals surface area contributed by atoms with Gasteiger partial charge in [-0.05, 0) is 61.8 Å². The summed E-state index contributed by atoms with van der Waals surface area (Å²) < 4.78 is 33.8. The highest BCUT2D eigenvalue weighted by Gasteiger charge is 2.32. The van der Waals surface area contributed by atoms with Crippen molar-refractivity contribution in [1.82, 2.24) is 0 Å². The maximum atomic E-state index is 13.9. The SMILES string of the molecule is [B]C(C)(F)c1ccc(COC2=C(C(=O)CCC)CCC3CC=C(F)C=C23)cc1. The Morgan fingerprint density at radius 1 is 1.32 bits per heavy atom. The molecule has 0 heterocycles. The van der Waals surface area contributed by atoms with Crippen molar-refractivity contribution < 1.29 is 18.3 Å². The van der Waals surface area contributed by atoms with Gasteiger partial charge in [0, 0.05) is 17.6 Å². The summed E-state index contributed by atoms with van der Waals surface area (Å²) in [6, 6.07) is 6.76. The van der Waals surface area contributed by atoms with Crippen molar-refractivity contribution in [3.05, 3.63) is 70.3 Å². The molecule has 146 valence electrons. The predicted molar refractivity (Wildman–Crippen MR) is 107 cm³/mol. The highest BCUT2D eigenvalue weighted by atomic mass is 19.1. The number of fused-ring (bicyclic) bond motifs is 1. The Morgan fingerprint density at radius 2 is 2.04 bits per heavy atom. The number of carbonyl (C=O) groups excluding carboxylic acids is 1. The van der Waals surface area contributed by atoms with Gasteiger partial charge in [-0.3, -0.25) is 9.18 Å². The van der Waals surface area contributed by atoms with Crippen LogP contribution in [0, 0.1) is 5.92 Å². The number of halogens is 2. The van der Waals surface area contributed by atoms with Crippen LogP contribution in [-0.4, -0.2) is 13.6 Å². The maximum absolute atomic E-state index is 13.9. The summed E-state index contributed by atoms with van der Waals surface area (Å²) in [6.45, 7) is 3.49. The highest BCUT2D eigenvalue weighted by molar-refractivity contribution is 6.14. The highest BCUT2D eigenvalue weighted by Crippen LogP contribution is 2.41. The van der Waals surface area contributed by atoms with E-state index in [0.29, 0.717) is 36.2 Å². The molecule has 1 aromatic rings. The van der Waals surface area contributed by atoms with Crippen molar-refractivity contribution in [1.29, 1.82) is 0 Å². The van der Waals surface area contributed by atoms with Gasteiger partial charge in [0.05, 0.1) is 5.57 Å². The lowest BCUT2D eigenvalue weighted by Crippen LogP contribution is -2.21. The van der Waals surface area contributed by atoms with Crippen LogP contribution in [0.1, 0.15) is 57.1 Å². The molecule has 3 rings (SSSR count). The van der Waals surface area contributed by atoms with Gasteiger partial charge >= 0.3 is 0 Å². The van der Waals surface area contributed by atoms with Gasteiger partial charge in [-0.25, -0.2) is 4.39 Å². The van der Waals surface area contributed by atoms with Gasteiger partial charge in [-0.2, -0.15) is 0 Å². The van der Waals surface area contributed by atoms with Crippen LogP contribution in [0.2, 0.25) is 0 Å². The molecule has 2 nitrogen and oxygen atoms in total. The molecule has 0 saturated carbocycles. The van der Waals surface area contributed by atoms with Crippen LogP contribution in [0.5, 0.6) is 0 Å². The molecule has 0 bridgehead atoms. The smallest absolute Gasteiger partial charge is 0.162 e. The number of rotatable bonds is 7. The van der Waals surface area contributed by atoms with Gasteiger partial charge in [-0.1, -0.05) is 31.2 Å². The summed E-state index contributed by atoms with van der Waals surface area (Å²) in [5.74, 6) is 0.486. The summed E-state index contributed by atoms with van der Waals surface area (Å²) in [7, 11) is 5.47. The Kier molecular flexibility index (Phi) is 6.21. The molecule has 0 N–H and O–H groups in total. The molecule has 1 aromatic carbocycles. The number of allylic oxidation sites excluding steroid dienone is 5. The van der Waals surface area contributed by atoms with Gasteiger partial charge in [0.15, 0.2) is 5.78 Å². The lowest BCUT2D eigenvalue weighted by molar-refractivity contribution is -0.116. The molecule has 0 aliphatic heterocycles. The second kappa shape index (κ2) is 8.46. The van der Waals surface area contributed by atoms with E-state index in [1.54, 1.807) is 30.3 Å². The fraction of sp³-hybridized carbons (Fsp3) is 0.435. The van der Waals surface area contributed by atoms with E-state index in [1.165, 1.54) is 13.0 Å². The van der Waals surface area contributed by atoms with Crippen molar-refractivity contribution in [2.45, 2.75) is 58.1 Å². The van der Waals surface area contributed by atoms with Gasteiger partial charge < -0.3 is 4.74 Å². The van der Waals surface area contributed by atoms with E-state index in [2.05, 4.69) is 0 Å². The van der Waals surface area contributed by atoms with Crippen molar-refractivity contribution in [3.8, 4) is 0 Å². The van der Waals surface area contributed by atoms with Crippen LogP contribution in [0.15, 0.2) is 59.1 Å². The van der Waals surface area contributed by atoms with Gasteiger partial charge in [0.1, 0.15) is 26.0 Å². The Labute approximate surface area is 166 Å². The zero-order chi connectivity index (χ0) is 20.3. The molecule has 2 aliphatic rings. The number of hydrogen-bond acceptors (Lipinski definition) is 2. The monoisotopic (exact) mass is 382 g/mol. The van der Waals surface area contributed by atoms with Gasteiger partial charge in [-0.15, -0.1) is 0 Å². The number of Topliss-reactive ketones (excluding diaryl/α,β-unsaturated/α-hetero) is 1. The molecule has 0 amide bonds. The van der Waals surface area contributed by atoms with Gasteiger partial charge in [0.25, 0.3) is 0 Å². The molecular weight excluding hydrogens is 357 g/mol. The Morgan fingerprint density at radius 3 is 2.68 bits per heavy atom. The van der Waals surface area contributed by atoms with Crippen LogP contribution in [0.4, 0.5) is 8.78 Å². The first-order valence-corrected chi connectivity index (χ1v) is 9.83. The average Bonchev–Trinajstić information content (AvgIpc) is 2.65. The zero-order valence-electron chi connectivity index (χ0n) is 16.4. The summed E-state index contributed by atoms with van der Waals surface area (Å²) in [4.78, 5) is 12.6. The lowest BCUT2D eigenvalue weighted by Gasteiger charge is -2.31. The van der Waals surface area contributed by atoms with E-state index >= 15 is 0 Å². The van der Waals surface area contributed by atoms with E-state index in [9.17, 15) is 13.6 Å². The average molecular weight is 382 g/mol. The van der Waals surface area contributed by atoms with E-state index < -0.39 is 5.57 Å². The second-order valence-electron chi connectivity index (χ2n) is 7.70. The molecule has 5 heteroatoms. The molecule has 2 atom stereocenters. The summed E-state index contributed by atoms with van der Waals surface area (Å²) >= 11 is 0. The summed E-state index contributed by atoms with van der Waals surface area (Å²) in [6.07, 6.45) is 6.40. The van der Waals surface area contributed by atoms with E-state index in [-0.39, 0.29) is 24.1 Å². The van der Waals surface area contributed by atoms with Crippen LogP contribution >= 0.6 is 0 Å². The third-order valence-electron chi connectivity index (χ3n) is 5.32. The maximum Gasteiger partial charge on any atom is 0.162 e. The molecule has 0 aromatic heterocycles. The number of ketones is 1. The first-order valence-electron chi connectivity index (χ1n) is 9.83. The number of ether oxygens (including phenoxy) is 1. The van der Waals surface area contributed by atoms with Crippen molar-refractivity contribution in [2.24, 2.45) is 5.92 Å². The summed E-state index contributed by atoms with van der Waals surface area (Å²) in [5.41, 5.74) is 0.760. The molecule has 2 radical (unpaired) electrons.